The van der Waals surface area contributed by atoms with Crippen molar-refractivity contribution in [3.8, 4) is 0 Å². The maximum absolute atomic E-state index is 11.7. The second-order valence-corrected chi connectivity index (χ2v) is 3.81. The summed E-state index contributed by atoms with van der Waals surface area (Å²) in [6.45, 7) is 2.55. The highest BCUT2D eigenvalue weighted by Crippen LogP contribution is 2.11. The van der Waals surface area contributed by atoms with Gasteiger partial charge in [0.1, 0.15) is 6.04 Å². The van der Waals surface area contributed by atoms with Crippen molar-refractivity contribution in [3.05, 3.63) is 0 Å². The van der Waals surface area contributed by atoms with E-state index in [0.29, 0.717) is 11.7 Å². The molecule has 1 rings (SSSR count). The fourth-order valence-electron chi connectivity index (χ4n) is 1.48. The number of nitrogens with one attached hydrogen (secondary N) is 1. The van der Waals surface area contributed by atoms with E-state index in [0.717, 1.165) is 6.42 Å². The molecule has 5 nitrogen and oxygen atoms in total. The minimum atomic E-state index is -0.899. The SMILES string of the molecule is CCCN1C(=O)C(CCC(=O)O)NC1=S. The van der Waals surface area contributed by atoms with E-state index in [1.165, 1.54) is 4.90 Å². The summed E-state index contributed by atoms with van der Waals surface area (Å²) in [5.74, 6) is -1.01. The highest BCUT2D eigenvalue weighted by molar-refractivity contribution is 7.80. The molecule has 0 radical (unpaired) electrons. The third-order valence-electron chi connectivity index (χ3n) is 2.20. The Hall–Kier alpha value is -1.17. The molecule has 1 aliphatic rings. The predicted octanol–water partition coefficient (Wildman–Crippen LogP) is 0.346. The molecule has 1 fully saturated rings. The molecule has 1 unspecified atom stereocenters. The number of carboxylic acid groups (broad SMARTS) is 1. The van der Waals surface area contributed by atoms with Crippen LogP contribution in [0.25, 0.3) is 0 Å². The van der Waals surface area contributed by atoms with Crippen LogP contribution < -0.4 is 5.32 Å². The van der Waals surface area contributed by atoms with E-state index in [4.69, 9.17) is 17.3 Å². The van der Waals surface area contributed by atoms with Gasteiger partial charge >= 0.3 is 5.97 Å². The predicted molar refractivity (Wildman–Crippen MR) is 58.4 cm³/mol. The Morgan fingerprint density at radius 1 is 1.67 bits per heavy atom. The minimum absolute atomic E-state index is 0.0218. The van der Waals surface area contributed by atoms with Crippen LogP contribution in [0.4, 0.5) is 0 Å². The topological polar surface area (TPSA) is 69.6 Å². The molecule has 15 heavy (non-hydrogen) atoms. The van der Waals surface area contributed by atoms with Crippen LogP contribution in [-0.4, -0.2) is 39.6 Å². The number of nitrogens with zero attached hydrogens (tertiary/aromatic N) is 1. The van der Waals surface area contributed by atoms with Gasteiger partial charge in [0.15, 0.2) is 5.11 Å². The van der Waals surface area contributed by atoms with E-state index in [-0.39, 0.29) is 18.7 Å². The van der Waals surface area contributed by atoms with Gasteiger partial charge in [-0.2, -0.15) is 0 Å². The Bertz CT molecular complexity index is 293. The van der Waals surface area contributed by atoms with Crippen LogP contribution in [0.1, 0.15) is 26.2 Å². The normalized spacial score (nSPS) is 20.6. The maximum Gasteiger partial charge on any atom is 0.303 e. The van der Waals surface area contributed by atoms with Gasteiger partial charge in [-0.1, -0.05) is 6.92 Å². The number of carbonyl (C=O) groups is 2. The number of carboxylic acids is 1. The van der Waals surface area contributed by atoms with Crippen LogP contribution in [0.2, 0.25) is 0 Å². The Balaban J connectivity index is 2.53. The molecule has 2 N–H and O–H groups in total. The van der Waals surface area contributed by atoms with Crippen molar-refractivity contribution >= 4 is 29.2 Å². The molecule has 1 atom stereocenters. The van der Waals surface area contributed by atoms with Gasteiger partial charge < -0.3 is 10.4 Å². The van der Waals surface area contributed by atoms with Crippen molar-refractivity contribution < 1.29 is 14.7 Å². The average molecular weight is 230 g/mol. The molecule has 6 heteroatoms. The van der Waals surface area contributed by atoms with Crippen molar-refractivity contribution in [2.75, 3.05) is 6.54 Å². The van der Waals surface area contributed by atoms with E-state index in [1.807, 2.05) is 6.92 Å². The van der Waals surface area contributed by atoms with Gasteiger partial charge in [0.25, 0.3) is 5.91 Å². The van der Waals surface area contributed by atoms with Crippen LogP contribution in [0.15, 0.2) is 0 Å². The quantitative estimate of drug-likeness (QED) is 0.667. The van der Waals surface area contributed by atoms with Gasteiger partial charge in [-0.05, 0) is 25.1 Å². The summed E-state index contributed by atoms with van der Waals surface area (Å²) < 4.78 is 0. The van der Waals surface area contributed by atoms with Gasteiger partial charge in [-0.25, -0.2) is 0 Å². The second kappa shape index (κ2) is 5.06. The summed E-state index contributed by atoms with van der Waals surface area (Å²) in [5, 5.41) is 11.8. The van der Waals surface area contributed by atoms with Crippen molar-refractivity contribution in [2.45, 2.75) is 32.2 Å². The molecule has 0 bridgehead atoms. The van der Waals surface area contributed by atoms with Gasteiger partial charge in [-0.3, -0.25) is 14.5 Å². The first-order valence-corrected chi connectivity index (χ1v) is 5.30. The van der Waals surface area contributed by atoms with Crippen molar-refractivity contribution in [1.29, 1.82) is 0 Å². The number of carbonyl (C=O) groups excluding carboxylic acids is 1. The van der Waals surface area contributed by atoms with Crippen LogP contribution in [0, 0.1) is 0 Å². The lowest BCUT2D eigenvalue weighted by Crippen LogP contribution is -2.32. The first-order valence-electron chi connectivity index (χ1n) is 4.90. The van der Waals surface area contributed by atoms with Crippen LogP contribution in [0.5, 0.6) is 0 Å². The molecular weight excluding hydrogens is 216 g/mol. The number of aliphatic carboxylic acids is 1. The highest BCUT2D eigenvalue weighted by Gasteiger charge is 2.34. The van der Waals surface area contributed by atoms with E-state index < -0.39 is 12.0 Å². The number of thiocarbonyl (C=S) groups is 1. The minimum Gasteiger partial charge on any atom is -0.481 e. The standard InChI is InChI=1S/C9H14N2O3S/c1-2-5-11-8(14)6(10-9(11)15)3-4-7(12)13/h6H,2-5H2,1H3,(H,10,15)(H,12,13). The summed E-state index contributed by atoms with van der Waals surface area (Å²) in [6.07, 6.45) is 1.10. The van der Waals surface area contributed by atoms with Crippen molar-refractivity contribution in [3.63, 3.8) is 0 Å². The molecule has 1 amide bonds. The van der Waals surface area contributed by atoms with Crippen molar-refractivity contribution in [1.82, 2.24) is 10.2 Å². The second-order valence-electron chi connectivity index (χ2n) is 3.42. The number of hydrogen-bond donors (Lipinski definition) is 2. The molecule has 1 aliphatic heterocycles. The molecule has 1 heterocycles. The monoisotopic (exact) mass is 230 g/mol. The molecule has 0 aromatic rings. The van der Waals surface area contributed by atoms with E-state index in [9.17, 15) is 9.59 Å². The molecule has 0 aromatic heterocycles. The Morgan fingerprint density at radius 3 is 2.87 bits per heavy atom. The average Bonchev–Trinajstić information content (AvgIpc) is 2.43. The zero-order valence-electron chi connectivity index (χ0n) is 8.52. The molecular formula is C9H14N2O3S. The van der Waals surface area contributed by atoms with E-state index in [2.05, 4.69) is 5.32 Å². The zero-order chi connectivity index (χ0) is 11.4. The van der Waals surface area contributed by atoms with Crippen molar-refractivity contribution in [2.24, 2.45) is 0 Å². The summed E-state index contributed by atoms with van der Waals surface area (Å²) in [6, 6.07) is -0.458. The smallest absolute Gasteiger partial charge is 0.303 e. The lowest BCUT2D eigenvalue weighted by atomic mass is 10.1. The summed E-state index contributed by atoms with van der Waals surface area (Å²) >= 11 is 4.99. The Kier molecular flexibility index (Phi) is 4.02. The summed E-state index contributed by atoms with van der Waals surface area (Å²) in [5.41, 5.74) is 0. The highest BCUT2D eigenvalue weighted by atomic mass is 32.1. The fraction of sp³-hybridized carbons (Fsp3) is 0.667. The molecule has 0 aromatic carbocycles. The Labute approximate surface area is 93.4 Å². The number of hydrogen-bond acceptors (Lipinski definition) is 3. The molecule has 0 aliphatic carbocycles. The Morgan fingerprint density at radius 2 is 2.33 bits per heavy atom. The van der Waals surface area contributed by atoms with Crippen LogP contribution in [0.3, 0.4) is 0 Å². The number of rotatable bonds is 5. The van der Waals surface area contributed by atoms with Gasteiger partial charge in [0.2, 0.25) is 0 Å². The van der Waals surface area contributed by atoms with Crippen LogP contribution in [-0.2, 0) is 9.59 Å². The van der Waals surface area contributed by atoms with Gasteiger partial charge in [0.05, 0.1) is 0 Å². The third kappa shape index (κ3) is 2.89. The first kappa shape index (κ1) is 11.9. The number of amides is 1. The van der Waals surface area contributed by atoms with Gasteiger partial charge in [-0.15, -0.1) is 0 Å². The largest absolute Gasteiger partial charge is 0.481 e. The lowest BCUT2D eigenvalue weighted by Gasteiger charge is -2.12. The zero-order valence-corrected chi connectivity index (χ0v) is 9.34. The first-order chi connectivity index (χ1) is 7.06. The van der Waals surface area contributed by atoms with Gasteiger partial charge in [0, 0.05) is 13.0 Å². The molecule has 0 spiro atoms. The molecule has 84 valence electrons. The summed E-state index contributed by atoms with van der Waals surface area (Å²) in [4.78, 5) is 23.6. The van der Waals surface area contributed by atoms with Crippen LogP contribution >= 0.6 is 12.2 Å². The maximum atomic E-state index is 11.7. The summed E-state index contributed by atoms with van der Waals surface area (Å²) in [7, 11) is 0. The van der Waals surface area contributed by atoms with E-state index >= 15 is 0 Å². The third-order valence-corrected chi connectivity index (χ3v) is 2.54. The molecule has 1 saturated heterocycles. The lowest BCUT2D eigenvalue weighted by molar-refractivity contribution is -0.137. The molecule has 0 saturated carbocycles. The van der Waals surface area contributed by atoms with E-state index in [1.54, 1.807) is 0 Å². The fourth-order valence-corrected chi connectivity index (χ4v) is 1.80.